The van der Waals surface area contributed by atoms with Crippen molar-refractivity contribution in [3.8, 4) is 5.75 Å². The molecule has 2 atom stereocenters. The number of benzene rings is 1. The van der Waals surface area contributed by atoms with Crippen LogP contribution < -0.4 is 4.74 Å². The van der Waals surface area contributed by atoms with Crippen LogP contribution in [0.3, 0.4) is 0 Å². The summed E-state index contributed by atoms with van der Waals surface area (Å²) in [5.74, 6) is 0.248. The van der Waals surface area contributed by atoms with Crippen molar-refractivity contribution in [3.63, 3.8) is 0 Å². The maximum absolute atomic E-state index is 13.2. The highest BCUT2D eigenvalue weighted by Gasteiger charge is 2.32. The van der Waals surface area contributed by atoms with Crippen molar-refractivity contribution < 1.29 is 14.2 Å². The maximum atomic E-state index is 13.2. The van der Waals surface area contributed by atoms with Gasteiger partial charge in [0.05, 0.1) is 6.04 Å². The van der Waals surface area contributed by atoms with E-state index in [-0.39, 0.29) is 11.9 Å². The molecule has 0 fully saturated rings. The second-order valence-corrected chi connectivity index (χ2v) is 4.84. The predicted molar refractivity (Wildman–Crippen MR) is 68.2 cm³/mol. The number of likely N-dealkylation sites (N-methyl/N-ethyl adjacent to an activating group) is 1. The molecule has 0 saturated carbocycles. The van der Waals surface area contributed by atoms with Gasteiger partial charge in [0.25, 0.3) is 0 Å². The Labute approximate surface area is 107 Å². The molecule has 1 N–H and O–H groups in total. The average Bonchev–Trinajstić information content (AvgIpc) is 2.37. The van der Waals surface area contributed by atoms with Gasteiger partial charge in [-0.2, -0.15) is 0 Å². The Morgan fingerprint density at radius 3 is 3.00 bits per heavy atom. The molecule has 0 amide bonds. The van der Waals surface area contributed by atoms with Crippen LogP contribution in [0, 0.1) is 5.82 Å². The first-order valence-corrected chi connectivity index (χ1v) is 6.44. The van der Waals surface area contributed by atoms with E-state index >= 15 is 0 Å². The van der Waals surface area contributed by atoms with Crippen LogP contribution in [0.1, 0.15) is 31.4 Å². The van der Waals surface area contributed by atoms with Crippen molar-refractivity contribution in [2.75, 3.05) is 20.2 Å². The zero-order valence-electron chi connectivity index (χ0n) is 10.9. The standard InChI is InChI=1S/C14H20FNO2/c1-3-4-7-16(2)12-9-18-13-6-5-10(15)8-11(13)14(12)17/h5-6,8,12,14,17H,3-4,7,9H2,1-2H3. The number of rotatable bonds is 4. The van der Waals surface area contributed by atoms with Crippen molar-refractivity contribution in [1.82, 2.24) is 4.90 Å². The molecule has 0 aromatic heterocycles. The van der Waals surface area contributed by atoms with Crippen molar-refractivity contribution in [3.05, 3.63) is 29.6 Å². The summed E-state index contributed by atoms with van der Waals surface area (Å²) in [6.45, 7) is 3.48. The summed E-state index contributed by atoms with van der Waals surface area (Å²) >= 11 is 0. The van der Waals surface area contributed by atoms with Crippen LogP contribution in [0.25, 0.3) is 0 Å². The SMILES string of the molecule is CCCCN(C)C1COc2ccc(F)cc2C1O. The summed E-state index contributed by atoms with van der Waals surface area (Å²) in [7, 11) is 1.97. The number of fused-ring (bicyclic) bond motifs is 1. The number of unbranched alkanes of at least 4 members (excludes halogenated alkanes) is 1. The zero-order valence-corrected chi connectivity index (χ0v) is 10.9. The van der Waals surface area contributed by atoms with E-state index in [0.29, 0.717) is 17.9 Å². The van der Waals surface area contributed by atoms with Gasteiger partial charge in [0.15, 0.2) is 0 Å². The third-order valence-corrected chi connectivity index (χ3v) is 3.50. The summed E-state index contributed by atoms with van der Waals surface area (Å²) in [6, 6.07) is 4.19. The molecular formula is C14H20FNO2. The van der Waals surface area contributed by atoms with E-state index in [1.54, 1.807) is 6.07 Å². The average molecular weight is 253 g/mol. The summed E-state index contributed by atoms with van der Waals surface area (Å²) in [5.41, 5.74) is 0.551. The lowest BCUT2D eigenvalue weighted by atomic mass is 9.98. The van der Waals surface area contributed by atoms with Crippen LogP contribution in [-0.4, -0.2) is 36.2 Å². The van der Waals surface area contributed by atoms with Gasteiger partial charge in [-0.05, 0) is 38.2 Å². The van der Waals surface area contributed by atoms with E-state index in [0.717, 1.165) is 19.4 Å². The van der Waals surface area contributed by atoms with Crippen LogP contribution in [0.4, 0.5) is 4.39 Å². The highest BCUT2D eigenvalue weighted by atomic mass is 19.1. The Kier molecular flexibility index (Phi) is 4.19. The Morgan fingerprint density at radius 2 is 2.28 bits per heavy atom. The highest BCUT2D eigenvalue weighted by molar-refractivity contribution is 5.38. The molecule has 2 unspecified atom stereocenters. The number of ether oxygens (including phenoxy) is 1. The summed E-state index contributed by atoms with van der Waals surface area (Å²) in [5, 5.41) is 10.3. The molecule has 18 heavy (non-hydrogen) atoms. The summed E-state index contributed by atoms with van der Waals surface area (Å²) < 4.78 is 18.8. The largest absolute Gasteiger partial charge is 0.491 e. The number of halogens is 1. The van der Waals surface area contributed by atoms with Crippen molar-refractivity contribution >= 4 is 0 Å². The highest BCUT2D eigenvalue weighted by Crippen LogP contribution is 2.34. The normalized spacial score (nSPS) is 22.7. The quantitative estimate of drug-likeness (QED) is 0.894. The Balaban J connectivity index is 2.14. The second-order valence-electron chi connectivity index (χ2n) is 4.84. The van der Waals surface area contributed by atoms with E-state index in [2.05, 4.69) is 11.8 Å². The molecule has 0 saturated heterocycles. The van der Waals surface area contributed by atoms with Gasteiger partial charge in [-0.25, -0.2) is 4.39 Å². The molecule has 0 radical (unpaired) electrons. The molecule has 4 heteroatoms. The minimum atomic E-state index is -0.689. The summed E-state index contributed by atoms with van der Waals surface area (Å²) in [4.78, 5) is 2.09. The van der Waals surface area contributed by atoms with Crippen molar-refractivity contribution in [2.24, 2.45) is 0 Å². The second kappa shape index (κ2) is 5.67. The van der Waals surface area contributed by atoms with E-state index in [4.69, 9.17) is 4.74 Å². The molecule has 0 aliphatic carbocycles. The van der Waals surface area contributed by atoms with Gasteiger partial charge >= 0.3 is 0 Å². The fourth-order valence-electron chi connectivity index (χ4n) is 2.30. The molecule has 1 heterocycles. The van der Waals surface area contributed by atoms with Crippen molar-refractivity contribution in [1.29, 1.82) is 0 Å². The van der Waals surface area contributed by atoms with E-state index < -0.39 is 6.10 Å². The van der Waals surface area contributed by atoms with E-state index in [1.807, 2.05) is 7.05 Å². The van der Waals surface area contributed by atoms with Crippen LogP contribution >= 0.6 is 0 Å². The van der Waals surface area contributed by atoms with Gasteiger partial charge in [-0.15, -0.1) is 0 Å². The molecular weight excluding hydrogens is 233 g/mol. The summed E-state index contributed by atoms with van der Waals surface area (Å²) in [6.07, 6.45) is 1.50. The van der Waals surface area contributed by atoms with Crippen LogP contribution in [-0.2, 0) is 0 Å². The van der Waals surface area contributed by atoms with E-state index in [1.165, 1.54) is 12.1 Å². The van der Waals surface area contributed by atoms with Gasteiger partial charge < -0.3 is 9.84 Å². The first kappa shape index (κ1) is 13.3. The lowest BCUT2D eigenvalue weighted by molar-refractivity contribution is 0.0144. The Morgan fingerprint density at radius 1 is 1.50 bits per heavy atom. The first-order chi connectivity index (χ1) is 8.63. The third kappa shape index (κ3) is 2.65. The number of hydrogen-bond acceptors (Lipinski definition) is 3. The number of aliphatic hydroxyl groups is 1. The minimum absolute atomic E-state index is 0.106. The zero-order chi connectivity index (χ0) is 13.1. The fraction of sp³-hybridized carbons (Fsp3) is 0.571. The van der Waals surface area contributed by atoms with E-state index in [9.17, 15) is 9.50 Å². The van der Waals surface area contributed by atoms with Crippen molar-refractivity contribution in [2.45, 2.75) is 31.9 Å². The molecule has 1 aromatic rings. The smallest absolute Gasteiger partial charge is 0.125 e. The van der Waals surface area contributed by atoms with Gasteiger partial charge in [-0.3, -0.25) is 4.90 Å². The van der Waals surface area contributed by atoms with Crippen LogP contribution in [0.5, 0.6) is 5.75 Å². The number of hydrogen-bond donors (Lipinski definition) is 1. The minimum Gasteiger partial charge on any atom is -0.491 e. The first-order valence-electron chi connectivity index (χ1n) is 6.44. The molecule has 2 rings (SSSR count). The monoisotopic (exact) mass is 253 g/mol. The molecule has 3 nitrogen and oxygen atoms in total. The van der Waals surface area contributed by atoms with Gasteiger partial charge in [0.2, 0.25) is 0 Å². The molecule has 1 aliphatic heterocycles. The third-order valence-electron chi connectivity index (χ3n) is 3.50. The van der Waals surface area contributed by atoms with Crippen LogP contribution in [0.15, 0.2) is 18.2 Å². The van der Waals surface area contributed by atoms with Gasteiger partial charge in [-0.1, -0.05) is 13.3 Å². The predicted octanol–water partition coefficient (Wildman–Crippen LogP) is 2.35. The molecule has 1 aliphatic rings. The molecule has 0 bridgehead atoms. The maximum Gasteiger partial charge on any atom is 0.125 e. The molecule has 100 valence electrons. The number of nitrogens with zero attached hydrogens (tertiary/aromatic N) is 1. The lowest BCUT2D eigenvalue weighted by Gasteiger charge is -2.36. The molecule has 1 aromatic carbocycles. The lowest BCUT2D eigenvalue weighted by Crippen LogP contribution is -2.44. The molecule has 0 spiro atoms. The topological polar surface area (TPSA) is 32.7 Å². The number of aliphatic hydroxyl groups excluding tert-OH is 1. The Bertz CT molecular complexity index is 411. The fourth-order valence-corrected chi connectivity index (χ4v) is 2.30. The van der Waals surface area contributed by atoms with Crippen LogP contribution in [0.2, 0.25) is 0 Å². The van der Waals surface area contributed by atoms with Gasteiger partial charge in [0, 0.05) is 5.56 Å². The van der Waals surface area contributed by atoms with Gasteiger partial charge in [0.1, 0.15) is 24.3 Å². The Hall–Kier alpha value is -1.13.